The normalized spacial score (nSPS) is 16.8. The third-order valence-corrected chi connectivity index (χ3v) is 5.75. The fourth-order valence-corrected chi connectivity index (χ4v) is 4.55. The molecule has 1 aliphatic heterocycles. The average molecular weight is 383 g/mol. The molecule has 1 saturated heterocycles. The molecule has 5 nitrogen and oxygen atoms in total. The Morgan fingerprint density at radius 2 is 2.38 bits per heavy atom. The van der Waals surface area contributed by atoms with Crippen molar-refractivity contribution < 1.29 is 14.3 Å². The minimum absolute atomic E-state index is 0.204. The molecule has 0 saturated carbocycles. The molecule has 128 valence electrons. The lowest BCUT2D eigenvalue weighted by atomic mass is 10.1. The molecule has 8 heteroatoms. The molecule has 2 aromatic heterocycles. The van der Waals surface area contributed by atoms with Crippen molar-refractivity contribution in [1.29, 1.82) is 0 Å². The van der Waals surface area contributed by atoms with Crippen LogP contribution >= 0.6 is 34.9 Å². The lowest BCUT2D eigenvalue weighted by Gasteiger charge is -2.14. The molecule has 1 fully saturated rings. The summed E-state index contributed by atoms with van der Waals surface area (Å²) in [7, 11) is 1.38. The lowest BCUT2D eigenvalue weighted by molar-refractivity contribution is 0.0603. The van der Waals surface area contributed by atoms with Crippen molar-refractivity contribution in [1.82, 2.24) is 5.32 Å². The Labute approximate surface area is 154 Å². The first-order valence-corrected chi connectivity index (χ1v) is 9.76. The summed E-state index contributed by atoms with van der Waals surface area (Å²) in [5.41, 5.74) is 1.39. The van der Waals surface area contributed by atoms with Gasteiger partial charge in [-0.3, -0.25) is 0 Å². The number of methoxy groups -OCH3 is 1. The minimum Gasteiger partial charge on any atom is -0.465 e. The van der Waals surface area contributed by atoms with Crippen LogP contribution in [-0.2, 0) is 9.47 Å². The number of thiocarbonyl (C=S) groups is 1. The number of ether oxygens (including phenoxy) is 2. The van der Waals surface area contributed by atoms with Crippen molar-refractivity contribution in [2.24, 2.45) is 0 Å². The Bertz CT molecular complexity index is 706. The first-order valence-electron chi connectivity index (χ1n) is 7.59. The van der Waals surface area contributed by atoms with Gasteiger partial charge in [-0.2, -0.15) is 0 Å². The van der Waals surface area contributed by atoms with Crippen LogP contribution in [0.5, 0.6) is 0 Å². The van der Waals surface area contributed by atoms with E-state index in [9.17, 15) is 4.79 Å². The number of rotatable bonds is 5. The molecule has 0 aromatic carbocycles. The fraction of sp³-hybridized carbons (Fsp3) is 0.375. The van der Waals surface area contributed by atoms with Crippen molar-refractivity contribution in [3.63, 3.8) is 0 Å². The number of anilines is 1. The maximum Gasteiger partial charge on any atom is 0.341 e. The van der Waals surface area contributed by atoms with Crippen LogP contribution in [0.2, 0.25) is 0 Å². The zero-order valence-corrected chi connectivity index (χ0v) is 15.6. The number of hydrogen-bond donors (Lipinski definition) is 2. The van der Waals surface area contributed by atoms with E-state index in [0.29, 0.717) is 22.2 Å². The molecule has 0 unspecified atom stereocenters. The standard InChI is InChI=1S/C16H18N2O3S3/c1-20-15(19)13-11(12-5-3-7-23-12)9-24-14(13)18-16(22)17-8-10-4-2-6-21-10/h3,5,7,9-10H,2,4,6,8H2,1H3,(H2,17,18,22)/t10-/m0/s1. The van der Waals surface area contributed by atoms with E-state index in [0.717, 1.165) is 29.9 Å². The van der Waals surface area contributed by atoms with Gasteiger partial charge in [0.15, 0.2) is 5.11 Å². The maximum atomic E-state index is 12.2. The molecule has 3 heterocycles. The van der Waals surface area contributed by atoms with Crippen LogP contribution in [0.4, 0.5) is 5.00 Å². The Morgan fingerprint density at radius 1 is 1.50 bits per heavy atom. The summed E-state index contributed by atoms with van der Waals surface area (Å²) >= 11 is 8.37. The predicted octanol–water partition coefficient (Wildman–Crippen LogP) is 3.73. The van der Waals surface area contributed by atoms with Gasteiger partial charge in [0.1, 0.15) is 10.6 Å². The molecule has 1 aliphatic rings. The molecule has 3 rings (SSSR count). The highest BCUT2D eigenvalue weighted by Gasteiger charge is 2.22. The summed E-state index contributed by atoms with van der Waals surface area (Å²) in [4.78, 5) is 13.3. The highest BCUT2D eigenvalue weighted by atomic mass is 32.1. The Hall–Kier alpha value is -1.48. The molecule has 1 atom stereocenters. The van der Waals surface area contributed by atoms with E-state index in [-0.39, 0.29) is 12.1 Å². The van der Waals surface area contributed by atoms with Crippen LogP contribution in [0.15, 0.2) is 22.9 Å². The number of carbonyl (C=O) groups is 1. The van der Waals surface area contributed by atoms with E-state index in [1.165, 1.54) is 18.4 Å². The topological polar surface area (TPSA) is 59.6 Å². The van der Waals surface area contributed by atoms with Gasteiger partial charge in [-0.05, 0) is 36.5 Å². The first kappa shape index (κ1) is 17.3. The Morgan fingerprint density at radius 3 is 3.04 bits per heavy atom. The first-order chi connectivity index (χ1) is 11.7. The number of hydrogen-bond acceptors (Lipinski definition) is 6. The van der Waals surface area contributed by atoms with Gasteiger partial charge in [-0.15, -0.1) is 22.7 Å². The predicted molar refractivity (Wildman–Crippen MR) is 102 cm³/mol. The second-order valence-corrected chi connectivity index (χ2v) is 7.53. The van der Waals surface area contributed by atoms with Gasteiger partial charge in [-0.1, -0.05) is 6.07 Å². The van der Waals surface area contributed by atoms with Gasteiger partial charge in [0, 0.05) is 29.0 Å². The van der Waals surface area contributed by atoms with E-state index in [4.69, 9.17) is 21.7 Å². The minimum atomic E-state index is -0.371. The number of esters is 1. The highest BCUT2D eigenvalue weighted by Crippen LogP contribution is 2.38. The van der Waals surface area contributed by atoms with Crippen LogP contribution in [0.25, 0.3) is 10.4 Å². The molecule has 0 radical (unpaired) electrons. The highest BCUT2D eigenvalue weighted by molar-refractivity contribution is 7.80. The molecule has 2 N–H and O–H groups in total. The van der Waals surface area contributed by atoms with Crippen molar-refractivity contribution >= 4 is 51.0 Å². The third kappa shape index (κ3) is 3.94. The molecule has 0 bridgehead atoms. The van der Waals surface area contributed by atoms with Gasteiger partial charge >= 0.3 is 5.97 Å². The van der Waals surface area contributed by atoms with Gasteiger partial charge in [0.25, 0.3) is 0 Å². The van der Waals surface area contributed by atoms with E-state index >= 15 is 0 Å². The van der Waals surface area contributed by atoms with Gasteiger partial charge < -0.3 is 20.1 Å². The van der Waals surface area contributed by atoms with Crippen LogP contribution in [0, 0.1) is 0 Å². The summed E-state index contributed by atoms with van der Waals surface area (Å²) in [6.45, 7) is 1.48. The van der Waals surface area contributed by atoms with Crippen molar-refractivity contribution in [2.45, 2.75) is 18.9 Å². The molecule has 0 amide bonds. The number of carbonyl (C=O) groups excluding carboxylic acids is 1. The van der Waals surface area contributed by atoms with E-state index in [2.05, 4.69) is 10.6 Å². The number of thiophene rings is 2. The Balaban J connectivity index is 1.72. The summed E-state index contributed by atoms with van der Waals surface area (Å²) in [5.74, 6) is -0.371. The summed E-state index contributed by atoms with van der Waals surface area (Å²) in [5, 5.41) is 11.4. The summed E-state index contributed by atoms with van der Waals surface area (Å²) in [6.07, 6.45) is 2.34. The van der Waals surface area contributed by atoms with E-state index in [1.54, 1.807) is 11.3 Å². The second kappa shape index (κ2) is 8.06. The molecular weight excluding hydrogens is 364 g/mol. The zero-order chi connectivity index (χ0) is 16.9. The van der Waals surface area contributed by atoms with E-state index in [1.807, 2.05) is 22.9 Å². The molecule has 24 heavy (non-hydrogen) atoms. The smallest absolute Gasteiger partial charge is 0.341 e. The fourth-order valence-electron chi connectivity index (χ4n) is 2.53. The largest absolute Gasteiger partial charge is 0.465 e. The van der Waals surface area contributed by atoms with Crippen LogP contribution in [0.3, 0.4) is 0 Å². The Kier molecular flexibility index (Phi) is 5.83. The van der Waals surface area contributed by atoms with Crippen LogP contribution in [-0.4, -0.2) is 37.4 Å². The van der Waals surface area contributed by atoms with Crippen LogP contribution in [0.1, 0.15) is 23.2 Å². The molecular formula is C16H18N2O3S3. The van der Waals surface area contributed by atoms with Crippen molar-refractivity contribution in [3.05, 3.63) is 28.5 Å². The molecule has 0 spiro atoms. The monoisotopic (exact) mass is 382 g/mol. The summed E-state index contributed by atoms with van der Waals surface area (Å²) in [6, 6.07) is 3.94. The molecule has 2 aromatic rings. The summed E-state index contributed by atoms with van der Waals surface area (Å²) < 4.78 is 10.5. The van der Waals surface area contributed by atoms with Gasteiger partial charge in [0.05, 0.1) is 13.2 Å². The van der Waals surface area contributed by atoms with Crippen molar-refractivity contribution in [3.8, 4) is 10.4 Å². The lowest BCUT2D eigenvalue weighted by Crippen LogP contribution is -2.34. The second-order valence-electron chi connectivity index (χ2n) is 5.29. The SMILES string of the molecule is COC(=O)c1c(-c2cccs2)csc1NC(=S)NC[C@@H]1CCCO1. The number of nitrogens with one attached hydrogen (secondary N) is 2. The molecule has 0 aliphatic carbocycles. The zero-order valence-electron chi connectivity index (χ0n) is 13.2. The van der Waals surface area contributed by atoms with Crippen LogP contribution < -0.4 is 10.6 Å². The van der Waals surface area contributed by atoms with Crippen molar-refractivity contribution in [2.75, 3.05) is 25.6 Å². The van der Waals surface area contributed by atoms with Gasteiger partial charge in [-0.25, -0.2) is 4.79 Å². The average Bonchev–Trinajstić information content (AvgIpc) is 3.32. The third-order valence-electron chi connectivity index (χ3n) is 3.71. The maximum absolute atomic E-state index is 12.2. The van der Waals surface area contributed by atoms with E-state index < -0.39 is 0 Å². The quantitative estimate of drug-likeness (QED) is 0.607. The van der Waals surface area contributed by atoms with Gasteiger partial charge in [0.2, 0.25) is 0 Å².